The molecular formula is C17H15N3O2. The molecule has 0 aliphatic heterocycles. The first kappa shape index (κ1) is 13.0. The van der Waals surface area contributed by atoms with Gasteiger partial charge in [-0.2, -0.15) is 5.10 Å². The number of hydrogen-bond donors (Lipinski definition) is 0. The SMILES string of the molecule is COc1ccccc1C1CC(=O)c2cnc3ccnn3c2C1. The first-order valence-electron chi connectivity index (χ1n) is 7.25. The summed E-state index contributed by atoms with van der Waals surface area (Å²) >= 11 is 0. The molecular weight excluding hydrogens is 278 g/mol. The van der Waals surface area contributed by atoms with Gasteiger partial charge in [-0.3, -0.25) is 4.79 Å². The lowest BCUT2D eigenvalue weighted by Crippen LogP contribution is -2.22. The molecule has 0 bridgehead atoms. The molecule has 0 saturated carbocycles. The van der Waals surface area contributed by atoms with E-state index < -0.39 is 0 Å². The Morgan fingerprint density at radius 3 is 2.95 bits per heavy atom. The van der Waals surface area contributed by atoms with Crippen LogP contribution in [-0.4, -0.2) is 27.5 Å². The Kier molecular flexibility index (Phi) is 2.92. The fourth-order valence-electron chi connectivity index (χ4n) is 3.21. The van der Waals surface area contributed by atoms with Gasteiger partial charge in [0.1, 0.15) is 5.75 Å². The van der Waals surface area contributed by atoms with Crippen LogP contribution < -0.4 is 4.74 Å². The minimum Gasteiger partial charge on any atom is -0.496 e. The monoisotopic (exact) mass is 293 g/mol. The lowest BCUT2D eigenvalue weighted by Gasteiger charge is -2.25. The molecule has 0 saturated heterocycles. The van der Waals surface area contributed by atoms with Gasteiger partial charge in [0.25, 0.3) is 0 Å². The Morgan fingerprint density at radius 2 is 2.09 bits per heavy atom. The van der Waals surface area contributed by atoms with Crippen molar-refractivity contribution in [1.82, 2.24) is 14.6 Å². The predicted molar refractivity (Wildman–Crippen MR) is 81.4 cm³/mol. The van der Waals surface area contributed by atoms with Crippen LogP contribution >= 0.6 is 0 Å². The van der Waals surface area contributed by atoms with E-state index in [-0.39, 0.29) is 11.7 Å². The highest BCUT2D eigenvalue weighted by molar-refractivity contribution is 5.98. The van der Waals surface area contributed by atoms with Crippen molar-refractivity contribution >= 4 is 11.4 Å². The number of nitrogens with zero attached hydrogens (tertiary/aromatic N) is 3. The molecule has 5 heteroatoms. The van der Waals surface area contributed by atoms with Crippen molar-refractivity contribution in [2.24, 2.45) is 0 Å². The normalized spacial score (nSPS) is 17.5. The summed E-state index contributed by atoms with van der Waals surface area (Å²) in [4.78, 5) is 16.8. The van der Waals surface area contributed by atoms with Gasteiger partial charge in [0.05, 0.1) is 24.6 Å². The molecule has 1 aromatic carbocycles. The molecule has 1 atom stereocenters. The van der Waals surface area contributed by atoms with Crippen molar-refractivity contribution in [2.75, 3.05) is 7.11 Å². The van der Waals surface area contributed by atoms with E-state index >= 15 is 0 Å². The lowest BCUT2D eigenvalue weighted by molar-refractivity contribution is 0.0961. The quantitative estimate of drug-likeness (QED) is 0.729. The van der Waals surface area contributed by atoms with Crippen molar-refractivity contribution in [3.8, 4) is 5.75 Å². The summed E-state index contributed by atoms with van der Waals surface area (Å²) in [5, 5.41) is 4.31. The van der Waals surface area contributed by atoms with E-state index in [0.29, 0.717) is 12.0 Å². The molecule has 0 fully saturated rings. The number of ether oxygens (including phenoxy) is 1. The van der Waals surface area contributed by atoms with Crippen LogP contribution in [-0.2, 0) is 6.42 Å². The highest BCUT2D eigenvalue weighted by atomic mass is 16.5. The minimum absolute atomic E-state index is 0.103. The van der Waals surface area contributed by atoms with Gasteiger partial charge in [-0.05, 0) is 18.1 Å². The second kappa shape index (κ2) is 4.94. The first-order valence-corrected chi connectivity index (χ1v) is 7.25. The zero-order valence-electron chi connectivity index (χ0n) is 12.2. The van der Waals surface area contributed by atoms with E-state index in [1.165, 1.54) is 0 Å². The zero-order chi connectivity index (χ0) is 15.1. The molecule has 5 nitrogen and oxygen atoms in total. The molecule has 0 radical (unpaired) electrons. The maximum Gasteiger partial charge on any atom is 0.166 e. The number of carbonyl (C=O) groups is 1. The number of rotatable bonds is 2. The van der Waals surface area contributed by atoms with Gasteiger partial charge in [-0.25, -0.2) is 9.50 Å². The molecule has 1 aliphatic carbocycles. The van der Waals surface area contributed by atoms with E-state index in [2.05, 4.69) is 10.1 Å². The molecule has 0 spiro atoms. The summed E-state index contributed by atoms with van der Waals surface area (Å²) in [6.07, 6.45) is 4.61. The Morgan fingerprint density at radius 1 is 1.23 bits per heavy atom. The number of carbonyl (C=O) groups excluding carboxylic acids is 1. The average molecular weight is 293 g/mol. The third kappa shape index (κ3) is 1.89. The molecule has 110 valence electrons. The van der Waals surface area contributed by atoms with Crippen molar-refractivity contribution < 1.29 is 9.53 Å². The number of para-hydroxylation sites is 1. The molecule has 3 aromatic rings. The van der Waals surface area contributed by atoms with Gasteiger partial charge in [-0.15, -0.1) is 0 Å². The fraction of sp³-hybridized carbons (Fsp3) is 0.235. The van der Waals surface area contributed by atoms with Crippen LogP contribution in [0.3, 0.4) is 0 Å². The average Bonchev–Trinajstić information content (AvgIpc) is 3.03. The van der Waals surface area contributed by atoms with Gasteiger partial charge in [0, 0.05) is 24.6 Å². The topological polar surface area (TPSA) is 56.5 Å². The van der Waals surface area contributed by atoms with Crippen LogP contribution in [0.2, 0.25) is 0 Å². The summed E-state index contributed by atoms with van der Waals surface area (Å²) in [5.74, 6) is 1.04. The molecule has 2 heterocycles. The van der Waals surface area contributed by atoms with Crippen LogP contribution in [0, 0.1) is 0 Å². The maximum atomic E-state index is 12.5. The highest BCUT2D eigenvalue weighted by Gasteiger charge is 2.30. The van der Waals surface area contributed by atoms with E-state index in [9.17, 15) is 4.79 Å². The molecule has 22 heavy (non-hydrogen) atoms. The number of fused-ring (bicyclic) bond motifs is 3. The third-order valence-electron chi connectivity index (χ3n) is 4.27. The van der Waals surface area contributed by atoms with Gasteiger partial charge in [0.2, 0.25) is 0 Å². The van der Waals surface area contributed by atoms with Gasteiger partial charge < -0.3 is 4.74 Å². The number of aromatic nitrogens is 3. The van der Waals surface area contributed by atoms with Crippen molar-refractivity contribution in [3.63, 3.8) is 0 Å². The maximum absolute atomic E-state index is 12.5. The third-order valence-corrected chi connectivity index (χ3v) is 4.27. The van der Waals surface area contributed by atoms with Crippen molar-refractivity contribution in [3.05, 3.63) is 59.5 Å². The fourth-order valence-corrected chi connectivity index (χ4v) is 3.21. The second-order valence-electron chi connectivity index (χ2n) is 5.49. The summed E-state index contributed by atoms with van der Waals surface area (Å²) < 4.78 is 7.22. The van der Waals surface area contributed by atoms with Gasteiger partial charge in [0.15, 0.2) is 11.4 Å². The Labute approximate surface area is 127 Å². The van der Waals surface area contributed by atoms with Gasteiger partial charge in [-0.1, -0.05) is 18.2 Å². The Balaban J connectivity index is 1.84. The number of Topliss-reactive ketones (excluding diaryl/α,β-unsaturated/α-hetero) is 1. The van der Waals surface area contributed by atoms with Crippen LogP contribution in [0.4, 0.5) is 0 Å². The van der Waals surface area contributed by atoms with E-state index in [0.717, 1.165) is 29.1 Å². The van der Waals surface area contributed by atoms with Crippen LogP contribution in [0.5, 0.6) is 5.75 Å². The van der Waals surface area contributed by atoms with E-state index in [1.54, 1.807) is 24.0 Å². The molecule has 4 rings (SSSR count). The number of ketones is 1. The highest BCUT2D eigenvalue weighted by Crippen LogP contribution is 2.36. The smallest absolute Gasteiger partial charge is 0.166 e. The number of hydrogen-bond acceptors (Lipinski definition) is 4. The standard InChI is InChI=1S/C17H15N3O2/c1-22-16-5-3-2-4-12(16)11-8-14-13(15(21)9-11)10-18-17-6-7-19-20(14)17/h2-7,10-11H,8-9H2,1H3. The number of methoxy groups -OCH3 is 1. The lowest BCUT2D eigenvalue weighted by atomic mass is 9.82. The van der Waals surface area contributed by atoms with E-state index in [4.69, 9.17) is 4.74 Å². The van der Waals surface area contributed by atoms with Gasteiger partial charge >= 0.3 is 0 Å². The summed E-state index contributed by atoms with van der Waals surface area (Å²) in [6.45, 7) is 0. The number of benzene rings is 1. The summed E-state index contributed by atoms with van der Waals surface area (Å²) in [7, 11) is 1.66. The van der Waals surface area contributed by atoms with Crippen LogP contribution in [0.25, 0.3) is 5.65 Å². The molecule has 2 aromatic heterocycles. The Hall–Kier alpha value is -2.69. The predicted octanol–water partition coefficient (Wildman–Crippen LogP) is 2.65. The molecule has 0 N–H and O–H groups in total. The summed E-state index contributed by atoms with van der Waals surface area (Å²) in [5.41, 5.74) is 3.46. The Bertz CT molecular complexity index is 869. The van der Waals surface area contributed by atoms with Crippen molar-refractivity contribution in [1.29, 1.82) is 0 Å². The van der Waals surface area contributed by atoms with Crippen LogP contribution in [0.1, 0.15) is 34.0 Å². The zero-order valence-corrected chi connectivity index (χ0v) is 12.2. The van der Waals surface area contributed by atoms with E-state index in [1.807, 2.05) is 30.3 Å². The van der Waals surface area contributed by atoms with Crippen LogP contribution in [0.15, 0.2) is 42.7 Å². The molecule has 0 amide bonds. The minimum atomic E-state index is 0.103. The first-order chi connectivity index (χ1) is 10.8. The van der Waals surface area contributed by atoms with Crippen molar-refractivity contribution in [2.45, 2.75) is 18.8 Å². The molecule has 1 unspecified atom stereocenters. The largest absolute Gasteiger partial charge is 0.496 e. The molecule has 1 aliphatic rings. The second-order valence-corrected chi connectivity index (χ2v) is 5.49. The summed E-state index contributed by atoms with van der Waals surface area (Å²) in [6, 6.07) is 9.73.